The van der Waals surface area contributed by atoms with Gasteiger partial charge in [0.2, 0.25) is 0 Å². The molecular formula is C13H23F3O2S. The van der Waals surface area contributed by atoms with Crippen LogP contribution in [-0.4, -0.2) is 28.3 Å². The highest BCUT2D eigenvalue weighted by Crippen LogP contribution is 2.24. The van der Waals surface area contributed by atoms with Crippen molar-refractivity contribution < 1.29 is 23.1 Å². The van der Waals surface area contributed by atoms with Gasteiger partial charge in [-0.15, -0.1) is 11.8 Å². The molecule has 0 aliphatic heterocycles. The van der Waals surface area contributed by atoms with Gasteiger partial charge in [0.05, 0.1) is 0 Å². The lowest BCUT2D eigenvalue weighted by Gasteiger charge is -2.11. The van der Waals surface area contributed by atoms with Gasteiger partial charge in [0.1, 0.15) is 5.25 Å². The molecule has 0 heterocycles. The molecule has 114 valence electrons. The van der Waals surface area contributed by atoms with E-state index >= 15 is 0 Å². The maximum absolute atomic E-state index is 11.9. The van der Waals surface area contributed by atoms with Crippen molar-refractivity contribution in [3.8, 4) is 0 Å². The Morgan fingerprint density at radius 2 is 1.84 bits per heavy atom. The van der Waals surface area contributed by atoms with E-state index in [-0.39, 0.29) is 6.42 Å². The smallest absolute Gasteiger partial charge is 0.389 e. The lowest BCUT2D eigenvalue weighted by Crippen LogP contribution is -2.16. The summed E-state index contributed by atoms with van der Waals surface area (Å²) >= 11 is 1.36. The molecule has 0 radical (unpaired) electrons. The molecule has 0 aliphatic rings. The number of halogens is 3. The third kappa shape index (κ3) is 12.4. The van der Waals surface area contributed by atoms with Crippen molar-refractivity contribution in [1.82, 2.24) is 0 Å². The van der Waals surface area contributed by atoms with Crippen LogP contribution in [0.25, 0.3) is 0 Å². The first-order valence-electron chi connectivity index (χ1n) is 6.78. The summed E-state index contributed by atoms with van der Waals surface area (Å²) in [7, 11) is 0. The SMILES string of the molecule is CCCCCC(SCCCCCC(F)(F)F)C(=O)O. The summed E-state index contributed by atoms with van der Waals surface area (Å²) in [6.45, 7) is 2.06. The van der Waals surface area contributed by atoms with E-state index in [1.165, 1.54) is 11.8 Å². The van der Waals surface area contributed by atoms with E-state index in [0.717, 1.165) is 19.3 Å². The predicted molar refractivity (Wildman–Crippen MR) is 72.5 cm³/mol. The van der Waals surface area contributed by atoms with E-state index in [1.807, 2.05) is 0 Å². The lowest BCUT2D eigenvalue weighted by atomic mass is 10.1. The fourth-order valence-electron chi connectivity index (χ4n) is 1.69. The highest BCUT2D eigenvalue weighted by Gasteiger charge is 2.25. The second kappa shape index (κ2) is 10.4. The quantitative estimate of drug-likeness (QED) is 0.553. The number of hydrogen-bond acceptors (Lipinski definition) is 2. The van der Waals surface area contributed by atoms with Crippen LogP contribution in [0.5, 0.6) is 0 Å². The monoisotopic (exact) mass is 300 g/mol. The Morgan fingerprint density at radius 3 is 2.37 bits per heavy atom. The summed E-state index contributed by atoms with van der Waals surface area (Å²) in [4.78, 5) is 11.0. The van der Waals surface area contributed by atoms with Gasteiger partial charge in [-0.2, -0.15) is 13.2 Å². The number of alkyl halides is 3. The van der Waals surface area contributed by atoms with E-state index in [1.54, 1.807) is 0 Å². The maximum Gasteiger partial charge on any atom is 0.389 e. The fraction of sp³-hybridized carbons (Fsp3) is 0.923. The molecule has 0 spiro atoms. The van der Waals surface area contributed by atoms with Gasteiger partial charge < -0.3 is 5.11 Å². The molecule has 0 saturated carbocycles. The minimum Gasteiger partial charge on any atom is -0.480 e. The summed E-state index contributed by atoms with van der Waals surface area (Å²) in [6.07, 6.45) is 0.104. The molecule has 0 fully saturated rings. The summed E-state index contributed by atoms with van der Waals surface area (Å²) in [5.41, 5.74) is 0. The molecule has 6 heteroatoms. The first kappa shape index (κ1) is 18.6. The van der Waals surface area contributed by atoms with Crippen molar-refractivity contribution in [2.45, 2.75) is 69.7 Å². The topological polar surface area (TPSA) is 37.3 Å². The Hall–Kier alpha value is -0.390. The fourth-order valence-corrected chi connectivity index (χ4v) is 2.82. The normalized spacial score (nSPS) is 13.5. The highest BCUT2D eigenvalue weighted by atomic mass is 32.2. The van der Waals surface area contributed by atoms with Gasteiger partial charge in [-0.05, 0) is 25.0 Å². The maximum atomic E-state index is 11.9. The number of carboxylic acid groups (broad SMARTS) is 1. The van der Waals surface area contributed by atoms with Gasteiger partial charge in [0.15, 0.2) is 0 Å². The molecular weight excluding hydrogens is 277 g/mol. The molecule has 0 amide bonds. The van der Waals surface area contributed by atoms with Crippen LogP contribution >= 0.6 is 11.8 Å². The van der Waals surface area contributed by atoms with E-state index in [9.17, 15) is 18.0 Å². The molecule has 0 bridgehead atoms. The zero-order valence-electron chi connectivity index (χ0n) is 11.3. The van der Waals surface area contributed by atoms with Gasteiger partial charge in [-0.3, -0.25) is 4.79 Å². The average Bonchev–Trinajstić information content (AvgIpc) is 2.29. The van der Waals surface area contributed by atoms with Crippen LogP contribution in [0, 0.1) is 0 Å². The van der Waals surface area contributed by atoms with E-state index in [0.29, 0.717) is 25.0 Å². The summed E-state index contributed by atoms with van der Waals surface area (Å²) < 4.78 is 35.7. The van der Waals surface area contributed by atoms with Crippen molar-refractivity contribution in [3.05, 3.63) is 0 Å². The number of aliphatic carboxylic acids is 1. The Balaban J connectivity index is 3.61. The van der Waals surface area contributed by atoms with E-state index in [2.05, 4.69) is 6.92 Å². The van der Waals surface area contributed by atoms with Crippen molar-refractivity contribution in [3.63, 3.8) is 0 Å². The summed E-state index contributed by atoms with van der Waals surface area (Å²) in [5.74, 6) is -0.183. The molecule has 0 rings (SSSR count). The van der Waals surface area contributed by atoms with Crippen LogP contribution in [0.15, 0.2) is 0 Å². The Morgan fingerprint density at radius 1 is 1.16 bits per heavy atom. The molecule has 1 atom stereocenters. The van der Waals surface area contributed by atoms with Gasteiger partial charge in [0, 0.05) is 6.42 Å². The second-order valence-corrected chi connectivity index (χ2v) is 5.93. The van der Waals surface area contributed by atoms with Crippen molar-refractivity contribution in [1.29, 1.82) is 0 Å². The summed E-state index contributed by atoms with van der Waals surface area (Å²) in [6, 6.07) is 0. The Labute approximate surface area is 117 Å². The van der Waals surface area contributed by atoms with Gasteiger partial charge in [0.25, 0.3) is 0 Å². The standard InChI is InChI=1S/C13H23F3O2S/c1-2-3-5-8-11(12(17)18)19-10-7-4-6-9-13(14,15)16/h11H,2-10H2,1H3,(H,17,18). The number of carboxylic acids is 1. The van der Waals surface area contributed by atoms with Gasteiger partial charge in [-0.1, -0.05) is 32.6 Å². The highest BCUT2D eigenvalue weighted by molar-refractivity contribution is 8.00. The molecule has 19 heavy (non-hydrogen) atoms. The zero-order valence-corrected chi connectivity index (χ0v) is 12.2. The number of carbonyl (C=O) groups is 1. The van der Waals surface area contributed by atoms with Crippen molar-refractivity contribution in [2.75, 3.05) is 5.75 Å². The first-order chi connectivity index (χ1) is 8.87. The third-order valence-electron chi connectivity index (χ3n) is 2.77. The molecule has 1 unspecified atom stereocenters. The lowest BCUT2D eigenvalue weighted by molar-refractivity contribution is -0.137. The van der Waals surface area contributed by atoms with Crippen LogP contribution in [0.3, 0.4) is 0 Å². The number of thioether (sulfide) groups is 1. The molecule has 0 aromatic rings. The zero-order chi connectivity index (χ0) is 14.7. The molecule has 0 aliphatic carbocycles. The van der Waals surface area contributed by atoms with E-state index < -0.39 is 23.8 Å². The Bertz CT molecular complexity index is 245. The second-order valence-electron chi connectivity index (χ2n) is 4.62. The number of hydrogen-bond donors (Lipinski definition) is 1. The average molecular weight is 300 g/mol. The largest absolute Gasteiger partial charge is 0.480 e. The summed E-state index contributed by atoms with van der Waals surface area (Å²) in [5, 5.41) is 8.60. The predicted octanol–water partition coefficient (Wildman–Crippen LogP) is 4.88. The van der Waals surface area contributed by atoms with Crippen molar-refractivity contribution in [2.24, 2.45) is 0 Å². The third-order valence-corrected chi connectivity index (χ3v) is 4.13. The van der Waals surface area contributed by atoms with Crippen LogP contribution in [-0.2, 0) is 4.79 Å². The van der Waals surface area contributed by atoms with Crippen LogP contribution < -0.4 is 0 Å². The number of unbranched alkanes of at least 4 members (excludes halogenated alkanes) is 4. The molecule has 0 aromatic carbocycles. The van der Waals surface area contributed by atoms with Gasteiger partial charge >= 0.3 is 12.1 Å². The van der Waals surface area contributed by atoms with Crippen LogP contribution in [0.4, 0.5) is 13.2 Å². The van der Waals surface area contributed by atoms with E-state index in [4.69, 9.17) is 5.11 Å². The van der Waals surface area contributed by atoms with Crippen LogP contribution in [0.2, 0.25) is 0 Å². The minimum atomic E-state index is -4.07. The molecule has 0 saturated heterocycles. The van der Waals surface area contributed by atoms with Gasteiger partial charge in [-0.25, -0.2) is 0 Å². The van der Waals surface area contributed by atoms with Crippen LogP contribution in [0.1, 0.15) is 58.3 Å². The molecule has 0 aromatic heterocycles. The first-order valence-corrected chi connectivity index (χ1v) is 7.83. The Kier molecular flexibility index (Phi) is 10.2. The number of rotatable bonds is 11. The van der Waals surface area contributed by atoms with Crippen molar-refractivity contribution >= 4 is 17.7 Å². The molecule has 2 nitrogen and oxygen atoms in total. The molecule has 1 N–H and O–H groups in total. The minimum absolute atomic E-state index is 0.137.